The minimum absolute atomic E-state index is 0. The minimum atomic E-state index is -0.676. The van der Waals surface area contributed by atoms with Gasteiger partial charge in [0.2, 0.25) is 11.8 Å². The molecule has 10 heteroatoms. The van der Waals surface area contributed by atoms with E-state index in [1.807, 2.05) is 64.4 Å². The summed E-state index contributed by atoms with van der Waals surface area (Å²) in [5.41, 5.74) is 2.89. The predicted octanol–water partition coefficient (Wildman–Crippen LogP) is 5.82. The summed E-state index contributed by atoms with van der Waals surface area (Å²) in [6, 6.07) is 16.9. The number of amides is 4. The topological polar surface area (TPSA) is 99.3 Å². The number of urea groups is 1. The first-order valence-electron chi connectivity index (χ1n) is 16.0. The largest absolute Gasteiger partial charge is 0.467 e. The van der Waals surface area contributed by atoms with E-state index in [4.69, 9.17) is 4.74 Å². The van der Waals surface area contributed by atoms with E-state index in [0.717, 1.165) is 42.5 Å². The van der Waals surface area contributed by atoms with Crippen molar-refractivity contribution < 1.29 is 25.3 Å². The van der Waals surface area contributed by atoms with E-state index in [1.165, 1.54) is 25.3 Å². The van der Waals surface area contributed by atoms with Crippen molar-refractivity contribution in [1.29, 1.82) is 0 Å². The standard InChI is InChI=1S/C34H42N4O5S.H2/c1-43-33(41)28(20-23-10-4-2-5-11-23)38-31(40)29(44-32(38)24-12-6-3-7-13-24)21-30(39)36-18-16-26(17-19-36)37-22-25-14-8-9-15-27(25)35-34(37)42;/h3,6-9,12-15,23,26,28-29,32H,2,4-5,10-11,16-22H2,1H3,(H,35,42);1H/t28-,29?,32?;/m0./s1. The van der Waals surface area contributed by atoms with Crippen LogP contribution in [0.4, 0.5) is 10.5 Å². The number of methoxy groups -OCH3 is 1. The van der Waals surface area contributed by atoms with Crippen molar-refractivity contribution in [2.75, 3.05) is 25.5 Å². The lowest BCUT2D eigenvalue weighted by Crippen LogP contribution is -2.51. The Balaban J connectivity index is 0.00000400. The second kappa shape index (κ2) is 13.6. The molecule has 1 N–H and O–H groups in total. The Morgan fingerprint density at radius 3 is 2.41 bits per heavy atom. The van der Waals surface area contributed by atoms with Crippen LogP contribution in [0.3, 0.4) is 0 Å². The Labute approximate surface area is 265 Å². The number of nitrogens with zero attached hydrogens (tertiary/aromatic N) is 3. The van der Waals surface area contributed by atoms with Gasteiger partial charge in [-0.05, 0) is 42.4 Å². The minimum Gasteiger partial charge on any atom is -0.467 e. The smallest absolute Gasteiger partial charge is 0.328 e. The molecule has 0 spiro atoms. The molecule has 3 aliphatic heterocycles. The molecule has 3 heterocycles. The van der Waals surface area contributed by atoms with Crippen molar-refractivity contribution in [3.05, 3.63) is 65.7 Å². The summed E-state index contributed by atoms with van der Waals surface area (Å²) < 4.78 is 5.25. The van der Waals surface area contributed by atoms with Crippen LogP contribution < -0.4 is 5.32 Å². The Bertz CT molecular complexity index is 1370. The lowest BCUT2D eigenvalue weighted by atomic mass is 9.84. The molecule has 0 bridgehead atoms. The molecule has 3 atom stereocenters. The number of piperidine rings is 1. The molecular formula is C34H44N4O5S. The average molecular weight is 621 g/mol. The quantitative estimate of drug-likeness (QED) is 0.374. The van der Waals surface area contributed by atoms with Crippen molar-refractivity contribution in [3.63, 3.8) is 0 Å². The highest BCUT2D eigenvalue weighted by Gasteiger charge is 2.48. The molecule has 2 unspecified atom stereocenters. The molecule has 0 radical (unpaired) electrons. The van der Waals surface area contributed by atoms with Gasteiger partial charge in [-0.2, -0.15) is 0 Å². The van der Waals surface area contributed by atoms with Gasteiger partial charge in [0, 0.05) is 39.2 Å². The summed E-state index contributed by atoms with van der Waals surface area (Å²) in [6.07, 6.45) is 7.68. The Morgan fingerprint density at radius 1 is 0.977 bits per heavy atom. The zero-order valence-electron chi connectivity index (χ0n) is 25.4. The Morgan fingerprint density at radius 2 is 1.68 bits per heavy atom. The number of carbonyl (C=O) groups is 4. The van der Waals surface area contributed by atoms with Crippen LogP contribution in [-0.4, -0.2) is 76.0 Å². The van der Waals surface area contributed by atoms with Gasteiger partial charge in [-0.3, -0.25) is 9.59 Å². The Hall–Kier alpha value is -3.53. The molecule has 1 aliphatic carbocycles. The maximum atomic E-state index is 14.1. The van der Waals surface area contributed by atoms with E-state index in [2.05, 4.69) is 5.32 Å². The van der Waals surface area contributed by atoms with Gasteiger partial charge in [-0.1, -0.05) is 80.6 Å². The first-order chi connectivity index (χ1) is 21.4. The van der Waals surface area contributed by atoms with Crippen LogP contribution in [0.2, 0.25) is 0 Å². The van der Waals surface area contributed by atoms with Crippen LogP contribution in [-0.2, 0) is 25.7 Å². The van der Waals surface area contributed by atoms with Crippen LogP contribution in [0.5, 0.6) is 0 Å². The van der Waals surface area contributed by atoms with Crippen molar-refractivity contribution in [1.82, 2.24) is 14.7 Å². The number of para-hydroxylation sites is 1. The predicted molar refractivity (Wildman–Crippen MR) is 172 cm³/mol. The average Bonchev–Trinajstić information content (AvgIpc) is 3.38. The number of ether oxygens (including phenoxy) is 1. The van der Waals surface area contributed by atoms with Gasteiger partial charge in [0.15, 0.2) is 0 Å². The molecule has 236 valence electrons. The van der Waals surface area contributed by atoms with Gasteiger partial charge in [-0.15, -0.1) is 11.8 Å². The summed E-state index contributed by atoms with van der Waals surface area (Å²) in [4.78, 5) is 59.1. The zero-order valence-corrected chi connectivity index (χ0v) is 26.2. The van der Waals surface area contributed by atoms with E-state index in [-0.39, 0.29) is 43.1 Å². The van der Waals surface area contributed by atoms with Crippen LogP contribution in [0.1, 0.15) is 75.7 Å². The summed E-state index contributed by atoms with van der Waals surface area (Å²) >= 11 is 1.47. The first kappa shape index (κ1) is 30.5. The number of hydrogen-bond donors (Lipinski definition) is 1. The van der Waals surface area contributed by atoms with Crippen LogP contribution in [0.15, 0.2) is 54.6 Å². The van der Waals surface area contributed by atoms with E-state index in [0.29, 0.717) is 44.8 Å². The third-order valence-electron chi connectivity index (χ3n) is 9.73. The second-order valence-corrected chi connectivity index (χ2v) is 13.7. The van der Waals surface area contributed by atoms with Gasteiger partial charge in [0.05, 0.1) is 12.4 Å². The number of anilines is 1. The number of hydrogen-bond acceptors (Lipinski definition) is 6. The molecule has 3 fully saturated rings. The lowest BCUT2D eigenvalue weighted by molar-refractivity contribution is -0.154. The lowest BCUT2D eigenvalue weighted by Gasteiger charge is -2.40. The number of fused-ring (bicyclic) bond motifs is 1. The highest BCUT2D eigenvalue weighted by molar-refractivity contribution is 8.01. The summed E-state index contributed by atoms with van der Waals surface area (Å²) in [5.74, 6) is -0.233. The number of likely N-dealkylation sites (tertiary alicyclic amines) is 1. The molecule has 4 amide bonds. The highest BCUT2D eigenvalue weighted by atomic mass is 32.2. The van der Waals surface area contributed by atoms with Crippen molar-refractivity contribution >= 4 is 41.3 Å². The Kier molecular flexibility index (Phi) is 9.44. The van der Waals surface area contributed by atoms with E-state index < -0.39 is 11.3 Å². The van der Waals surface area contributed by atoms with Gasteiger partial charge in [-0.25, -0.2) is 9.59 Å². The molecule has 2 aromatic carbocycles. The normalized spacial score (nSPS) is 23.7. The number of thioether (sulfide) groups is 1. The fourth-order valence-electron chi connectivity index (χ4n) is 7.30. The second-order valence-electron chi connectivity index (χ2n) is 12.4. The molecule has 2 aromatic rings. The molecule has 6 rings (SSSR count). The third kappa shape index (κ3) is 6.46. The molecular weight excluding hydrogens is 576 g/mol. The summed E-state index contributed by atoms with van der Waals surface area (Å²) in [5, 5.41) is 2.06. The van der Waals surface area contributed by atoms with Gasteiger partial charge >= 0.3 is 12.0 Å². The maximum absolute atomic E-state index is 14.1. The van der Waals surface area contributed by atoms with Crippen LogP contribution in [0, 0.1) is 5.92 Å². The molecule has 9 nitrogen and oxygen atoms in total. The van der Waals surface area contributed by atoms with Gasteiger partial charge in [0.25, 0.3) is 0 Å². The van der Waals surface area contributed by atoms with Crippen molar-refractivity contribution in [3.8, 4) is 0 Å². The summed E-state index contributed by atoms with van der Waals surface area (Å²) in [7, 11) is 1.39. The fourth-order valence-corrected chi connectivity index (χ4v) is 8.78. The maximum Gasteiger partial charge on any atom is 0.328 e. The zero-order chi connectivity index (χ0) is 30.6. The number of benzene rings is 2. The number of rotatable bonds is 8. The van der Waals surface area contributed by atoms with E-state index in [9.17, 15) is 19.2 Å². The van der Waals surface area contributed by atoms with Crippen molar-refractivity contribution in [2.24, 2.45) is 5.92 Å². The molecule has 1 saturated carbocycles. The van der Waals surface area contributed by atoms with Gasteiger partial charge in [0.1, 0.15) is 11.4 Å². The third-order valence-corrected chi connectivity index (χ3v) is 11.2. The van der Waals surface area contributed by atoms with Crippen molar-refractivity contribution in [2.45, 2.75) is 87.0 Å². The fraction of sp³-hybridized carbons (Fsp3) is 0.529. The highest BCUT2D eigenvalue weighted by Crippen LogP contribution is 2.47. The molecule has 44 heavy (non-hydrogen) atoms. The first-order valence-corrected chi connectivity index (χ1v) is 16.9. The SMILES string of the molecule is COC(=O)[C@H](CC1CCCCC1)N1C(=O)C(CC(=O)N2CCC(N3Cc4ccccc4NC3=O)CC2)SC1c1ccccc1.[HH]. The number of carbonyl (C=O) groups excluding carboxylic acids is 4. The van der Waals surface area contributed by atoms with E-state index in [1.54, 1.807) is 4.90 Å². The van der Waals surface area contributed by atoms with Crippen LogP contribution >= 0.6 is 11.8 Å². The molecule has 0 aromatic heterocycles. The monoisotopic (exact) mass is 620 g/mol. The number of nitrogens with one attached hydrogen (secondary N) is 1. The molecule has 2 saturated heterocycles. The van der Waals surface area contributed by atoms with E-state index >= 15 is 0 Å². The molecule has 4 aliphatic rings. The number of esters is 1. The van der Waals surface area contributed by atoms with Crippen LogP contribution in [0.25, 0.3) is 0 Å². The summed E-state index contributed by atoms with van der Waals surface area (Å²) in [6.45, 7) is 1.64. The van der Waals surface area contributed by atoms with Gasteiger partial charge < -0.3 is 24.8 Å².